The monoisotopic (exact) mass is 332 g/mol. The number of halogens is 2. The molecule has 0 radical (unpaired) electrons. The van der Waals surface area contributed by atoms with Crippen LogP contribution in [-0.2, 0) is 6.54 Å². The molecule has 2 aromatic rings. The molecule has 0 unspecified atom stereocenters. The summed E-state index contributed by atoms with van der Waals surface area (Å²) in [6.07, 6.45) is 1.45. The number of hydrogen-bond acceptors (Lipinski definition) is 5. The van der Waals surface area contributed by atoms with Gasteiger partial charge < -0.3 is 10.6 Å². The predicted molar refractivity (Wildman–Crippen MR) is 75.6 cm³/mol. The van der Waals surface area contributed by atoms with Crippen LogP contribution in [0.4, 0.5) is 11.6 Å². The fourth-order valence-electron chi connectivity index (χ4n) is 1.39. The van der Waals surface area contributed by atoms with Crippen LogP contribution in [0.2, 0.25) is 4.34 Å². The Hall–Kier alpha value is -0.850. The molecule has 90 valence electrons. The first kappa shape index (κ1) is 12.6. The molecule has 0 saturated heterocycles. The highest BCUT2D eigenvalue weighted by Gasteiger charge is 2.11. The van der Waals surface area contributed by atoms with Crippen molar-refractivity contribution >= 4 is 50.5 Å². The summed E-state index contributed by atoms with van der Waals surface area (Å²) in [4.78, 5) is 11.3. The van der Waals surface area contributed by atoms with E-state index in [1.54, 1.807) is 11.3 Å². The van der Waals surface area contributed by atoms with Gasteiger partial charge in [0.25, 0.3) is 0 Å². The molecular weight excluding hydrogens is 324 g/mol. The highest BCUT2D eigenvalue weighted by molar-refractivity contribution is 9.10. The largest absolute Gasteiger partial charge is 0.383 e. The number of rotatable bonds is 3. The number of nitrogen functional groups attached to an aromatic ring is 1. The summed E-state index contributed by atoms with van der Waals surface area (Å²) in [6.45, 7) is 0.729. The van der Waals surface area contributed by atoms with Gasteiger partial charge in [-0.25, -0.2) is 9.97 Å². The number of nitrogens with two attached hydrogens (primary N) is 1. The lowest BCUT2D eigenvalue weighted by molar-refractivity contribution is 0.901. The summed E-state index contributed by atoms with van der Waals surface area (Å²) in [7, 11) is 1.94. The van der Waals surface area contributed by atoms with Crippen molar-refractivity contribution < 1.29 is 0 Å². The van der Waals surface area contributed by atoms with E-state index in [4.69, 9.17) is 17.3 Å². The Balaban J connectivity index is 2.20. The lowest BCUT2D eigenvalue weighted by Crippen LogP contribution is -2.18. The molecule has 2 aromatic heterocycles. The van der Waals surface area contributed by atoms with E-state index in [0.29, 0.717) is 10.3 Å². The fraction of sp³-hybridized carbons (Fsp3) is 0.200. The van der Waals surface area contributed by atoms with Gasteiger partial charge >= 0.3 is 0 Å². The predicted octanol–water partition coefficient (Wildman–Crippen LogP) is 3.17. The molecular formula is C10H10BrClN4S. The molecule has 0 aliphatic heterocycles. The van der Waals surface area contributed by atoms with Crippen molar-refractivity contribution in [3.05, 3.63) is 32.1 Å². The molecule has 0 amide bonds. The fourth-order valence-corrected chi connectivity index (χ4v) is 3.03. The van der Waals surface area contributed by atoms with E-state index in [2.05, 4.69) is 25.9 Å². The molecule has 17 heavy (non-hydrogen) atoms. The van der Waals surface area contributed by atoms with Crippen LogP contribution in [0, 0.1) is 0 Å². The number of nitrogens with zero attached hydrogens (tertiary/aromatic N) is 3. The Bertz CT molecular complexity index is 531. The number of aromatic nitrogens is 2. The minimum Gasteiger partial charge on any atom is -0.383 e. The van der Waals surface area contributed by atoms with Gasteiger partial charge in [-0.1, -0.05) is 11.6 Å². The van der Waals surface area contributed by atoms with Crippen LogP contribution in [0.1, 0.15) is 4.88 Å². The van der Waals surface area contributed by atoms with Crippen molar-refractivity contribution in [3.8, 4) is 0 Å². The van der Waals surface area contributed by atoms with Crippen molar-refractivity contribution in [1.82, 2.24) is 9.97 Å². The molecule has 2 rings (SSSR count). The Kier molecular flexibility index (Phi) is 3.86. The smallest absolute Gasteiger partial charge is 0.148 e. The Morgan fingerprint density at radius 1 is 1.47 bits per heavy atom. The van der Waals surface area contributed by atoms with Crippen LogP contribution in [0.3, 0.4) is 0 Å². The van der Waals surface area contributed by atoms with Crippen LogP contribution in [-0.4, -0.2) is 17.0 Å². The van der Waals surface area contributed by atoms with Crippen LogP contribution in [0.15, 0.2) is 22.9 Å². The van der Waals surface area contributed by atoms with E-state index in [-0.39, 0.29) is 0 Å². The average Bonchev–Trinajstić information content (AvgIpc) is 2.68. The molecule has 0 aliphatic carbocycles. The van der Waals surface area contributed by atoms with Crippen LogP contribution in [0.25, 0.3) is 0 Å². The average molecular weight is 334 g/mol. The maximum absolute atomic E-state index is 5.89. The van der Waals surface area contributed by atoms with Gasteiger partial charge in [0.15, 0.2) is 0 Å². The van der Waals surface area contributed by atoms with Crippen LogP contribution >= 0.6 is 38.9 Å². The summed E-state index contributed by atoms with van der Waals surface area (Å²) in [5, 5.41) is 0. The highest BCUT2D eigenvalue weighted by atomic mass is 79.9. The molecule has 0 atom stereocenters. The third-order valence-electron chi connectivity index (χ3n) is 2.18. The van der Waals surface area contributed by atoms with Gasteiger partial charge in [-0.2, -0.15) is 0 Å². The van der Waals surface area contributed by atoms with Gasteiger partial charge in [-0.05, 0) is 28.1 Å². The Labute approximate surface area is 117 Å². The van der Waals surface area contributed by atoms with E-state index in [9.17, 15) is 0 Å². The van der Waals surface area contributed by atoms with Gasteiger partial charge in [0.1, 0.15) is 22.4 Å². The Morgan fingerprint density at radius 2 is 2.24 bits per heavy atom. The topological polar surface area (TPSA) is 55.0 Å². The normalized spacial score (nSPS) is 10.5. The number of anilines is 2. The molecule has 2 N–H and O–H groups in total. The van der Waals surface area contributed by atoms with Crippen molar-refractivity contribution in [2.24, 2.45) is 0 Å². The Morgan fingerprint density at radius 3 is 2.88 bits per heavy atom. The quantitative estimate of drug-likeness (QED) is 0.937. The summed E-state index contributed by atoms with van der Waals surface area (Å²) < 4.78 is 1.50. The first-order valence-electron chi connectivity index (χ1n) is 4.79. The number of hydrogen-bond donors (Lipinski definition) is 1. The van der Waals surface area contributed by atoms with E-state index in [1.807, 2.05) is 24.1 Å². The zero-order valence-electron chi connectivity index (χ0n) is 9.02. The van der Waals surface area contributed by atoms with E-state index in [0.717, 1.165) is 16.7 Å². The second-order valence-corrected chi connectivity index (χ2v) is 6.05. The summed E-state index contributed by atoms with van der Waals surface area (Å²) in [5.41, 5.74) is 5.71. The minimum atomic E-state index is 0.436. The minimum absolute atomic E-state index is 0.436. The van der Waals surface area contributed by atoms with E-state index in [1.165, 1.54) is 11.2 Å². The van der Waals surface area contributed by atoms with Gasteiger partial charge in [0.05, 0.1) is 10.9 Å². The molecule has 0 bridgehead atoms. The molecule has 4 nitrogen and oxygen atoms in total. The second kappa shape index (κ2) is 5.20. The molecule has 0 aliphatic rings. The van der Waals surface area contributed by atoms with Crippen molar-refractivity contribution in [1.29, 1.82) is 0 Å². The summed E-state index contributed by atoms with van der Waals surface area (Å²) in [5.74, 6) is 1.20. The molecule has 0 saturated carbocycles. The molecule has 0 spiro atoms. The van der Waals surface area contributed by atoms with Crippen molar-refractivity contribution in [2.45, 2.75) is 6.54 Å². The number of thiophene rings is 1. The van der Waals surface area contributed by atoms with Gasteiger partial charge in [0, 0.05) is 11.9 Å². The molecule has 2 heterocycles. The standard InChI is InChI=1S/C10H10BrClN4S/c1-16(4-6-2-3-7(12)17-6)10-8(11)9(13)14-5-15-10/h2-3,5H,4H2,1H3,(H2,13,14,15). The first-order valence-corrected chi connectivity index (χ1v) is 6.78. The van der Waals surface area contributed by atoms with Gasteiger partial charge in [-0.15, -0.1) is 11.3 Å². The lowest BCUT2D eigenvalue weighted by atomic mass is 10.4. The maximum atomic E-state index is 5.89. The van der Waals surface area contributed by atoms with E-state index < -0.39 is 0 Å². The lowest BCUT2D eigenvalue weighted by Gasteiger charge is -2.18. The second-order valence-electron chi connectivity index (χ2n) is 3.46. The van der Waals surface area contributed by atoms with Gasteiger partial charge in [0.2, 0.25) is 0 Å². The van der Waals surface area contributed by atoms with E-state index >= 15 is 0 Å². The summed E-state index contributed by atoms with van der Waals surface area (Å²) >= 11 is 10.8. The molecule has 0 aromatic carbocycles. The van der Waals surface area contributed by atoms with Gasteiger partial charge in [-0.3, -0.25) is 0 Å². The van der Waals surface area contributed by atoms with Crippen molar-refractivity contribution in [3.63, 3.8) is 0 Å². The highest BCUT2D eigenvalue weighted by Crippen LogP contribution is 2.29. The SMILES string of the molecule is CN(Cc1ccc(Cl)s1)c1ncnc(N)c1Br. The van der Waals surface area contributed by atoms with Crippen LogP contribution in [0.5, 0.6) is 0 Å². The third-order valence-corrected chi connectivity index (χ3v) is 4.16. The van der Waals surface area contributed by atoms with Crippen LogP contribution < -0.4 is 10.6 Å². The zero-order chi connectivity index (χ0) is 12.4. The van der Waals surface area contributed by atoms with Crippen molar-refractivity contribution in [2.75, 3.05) is 17.7 Å². The zero-order valence-corrected chi connectivity index (χ0v) is 12.2. The third kappa shape index (κ3) is 2.88. The maximum Gasteiger partial charge on any atom is 0.148 e. The first-order chi connectivity index (χ1) is 8.08. The molecule has 7 heteroatoms. The summed E-state index contributed by atoms with van der Waals surface area (Å²) in [6, 6.07) is 3.89. The molecule has 0 fully saturated rings.